The molecule has 0 rings (SSSR count). The van der Waals surface area contributed by atoms with Gasteiger partial charge in [-0.2, -0.15) is 0 Å². The van der Waals surface area contributed by atoms with Crippen LogP contribution in [0.2, 0.25) is 0 Å². The number of carbonyl (C=O) groups excluding carboxylic acids is 1. The van der Waals surface area contributed by atoms with Crippen LogP contribution in [0.4, 0.5) is 0 Å². The molecule has 3 heteroatoms. The van der Waals surface area contributed by atoms with Crippen molar-refractivity contribution in [2.24, 2.45) is 5.73 Å². The Kier molecular flexibility index (Phi) is 1.98. The largest absolute Gasteiger partial charge is 0.367 e. The van der Waals surface area contributed by atoms with E-state index in [2.05, 4.69) is 0 Å². The second-order valence-electron chi connectivity index (χ2n) is 1.95. The molecule has 0 aromatic carbocycles. The van der Waals surface area contributed by atoms with Crippen molar-refractivity contribution in [2.45, 2.75) is 25.9 Å². The molecule has 8 heavy (non-hydrogen) atoms. The van der Waals surface area contributed by atoms with E-state index in [0.717, 1.165) is 0 Å². The summed E-state index contributed by atoms with van der Waals surface area (Å²) in [5.41, 5.74) is 3.16. The lowest BCUT2D eigenvalue weighted by molar-refractivity contribution is -0.141. The van der Waals surface area contributed by atoms with Crippen LogP contribution in [0.5, 0.6) is 0 Å². The quantitative estimate of drug-likeness (QED) is 0.545. The summed E-state index contributed by atoms with van der Waals surface area (Å²) in [5, 5.41) is 10.7. The third kappa shape index (κ3) is 1.50. The van der Waals surface area contributed by atoms with Crippen molar-refractivity contribution in [1.82, 2.24) is 0 Å². The standard InChI is InChI=1S/C5H10NO2/c1-3-5(2,8)4(6)7/h3H2,1-2H3,(H2,6,7). The minimum absolute atomic E-state index is 0.252. The lowest BCUT2D eigenvalue weighted by atomic mass is 10.0. The highest BCUT2D eigenvalue weighted by Gasteiger charge is 2.26. The molecule has 0 spiro atoms. The SMILES string of the molecule is CCC(C)([O])C(N)=O. The molecule has 0 bridgehead atoms. The Labute approximate surface area is 48.5 Å². The molecule has 0 aromatic heterocycles. The summed E-state index contributed by atoms with van der Waals surface area (Å²) in [6.45, 7) is 2.92. The number of rotatable bonds is 2. The fourth-order valence-electron chi connectivity index (χ4n) is 0.174. The maximum absolute atomic E-state index is 10.7. The van der Waals surface area contributed by atoms with Gasteiger partial charge >= 0.3 is 0 Å². The first-order valence-corrected chi connectivity index (χ1v) is 2.51. The van der Waals surface area contributed by atoms with Crippen LogP contribution in [-0.4, -0.2) is 11.5 Å². The summed E-state index contributed by atoms with van der Waals surface area (Å²) in [4.78, 5) is 10.2. The van der Waals surface area contributed by atoms with Gasteiger partial charge in [-0.15, -0.1) is 0 Å². The third-order valence-electron chi connectivity index (χ3n) is 1.20. The highest BCUT2D eigenvalue weighted by atomic mass is 16.3. The molecule has 47 valence electrons. The average Bonchev–Trinajstić information content (AvgIpc) is 1.67. The van der Waals surface area contributed by atoms with Crippen LogP contribution in [0.15, 0.2) is 0 Å². The van der Waals surface area contributed by atoms with Gasteiger partial charge in [0.05, 0.1) is 0 Å². The van der Waals surface area contributed by atoms with E-state index in [1.165, 1.54) is 6.92 Å². The van der Waals surface area contributed by atoms with Gasteiger partial charge in [-0.05, 0) is 13.3 Å². The number of hydrogen-bond donors (Lipinski definition) is 1. The molecule has 1 radical (unpaired) electrons. The fourth-order valence-corrected chi connectivity index (χ4v) is 0.174. The van der Waals surface area contributed by atoms with Gasteiger partial charge in [0.2, 0.25) is 0 Å². The van der Waals surface area contributed by atoms with Gasteiger partial charge in [0.25, 0.3) is 5.91 Å². The van der Waals surface area contributed by atoms with Gasteiger partial charge in [0, 0.05) is 0 Å². The topological polar surface area (TPSA) is 63.0 Å². The maximum Gasteiger partial charge on any atom is 0.252 e. The van der Waals surface area contributed by atoms with Crippen LogP contribution in [0.25, 0.3) is 0 Å². The maximum atomic E-state index is 10.7. The van der Waals surface area contributed by atoms with Crippen molar-refractivity contribution in [3.63, 3.8) is 0 Å². The van der Waals surface area contributed by atoms with Crippen molar-refractivity contribution in [1.29, 1.82) is 0 Å². The van der Waals surface area contributed by atoms with Crippen LogP contribution in [0, 0.1) is 0 Å². The minimum Gasteiger partial charge on any atom is -0.367 e. The zero-order valence-electron chi connectivity index (χ0n) is 5.10. The van der Waals surface area contributed by atoms with Crippen molar-refractivity contribution in [2.75, 3.05) is 0 Å². The van der Waals surface area contributed by atoms with E-state index in [0.29, 0.717) is 0 Å². The molecule has 3 nitrogen and oxygen atoms in total. The Morgan fingerprint density at radius 2 is 2.12 bits per heavy atom. The lowest BCUT2D eigenvalue weighted by Crippen LogP contribution is -2.38. The molecule has 0 aliphatic rings. The first kappa shape index (κ1) is 7.43. The van der Waals surface area contributed by atoms with Crippen molar-refractivity contribution in [3.05, 3.63) is 0 Å². The summed E-state index contributed by atoms with van der Waals surface area (Å²) < 4.78 is 0. The Balaban J connectivity index is 3.91. The Hall–Kier alpha value is -0.570. The predicted molar refractivity (Wildman–Crippen MR) is 28.6 cm³/mol. The molecule has 2 N–H and O–H groups in total. The summed E-state index contributed by atoms with van der Waals surface area (Å²) in [7, 11) is 0. The zero-order valence-corrected chi connectivity index (χ0v) is 5.10. The fraction of sp³-hybridized carbons (Fsp3) is 0.800. The van der Waals surface area contributed by atoms with E-state index in [-0.39, 0.29) is 6.42 Å². The van der Waals surface area contributed by atoms with Crippen molar-refractivity contribution >= 4 is 5.91 Å². The minimum atomic E-state index is -1.57. The molecule has 1 unspecified atom stereocenters. The smallest absolute Gasteiger partial charge is 0.252 e. The van der Waals surface area contributed by atoms with Crippen molar-refractivity contribution < 1.29 is 9.90 Å². The molecule has 1 amide bonds. The van der Waals surface area contributed by atoms with Gasteiger partial charge in [0.1, 0.15) is 0 Å². The number of carbonyl (C=O) groups is 1. The molecule has 0 aliphatic heterocycles. The van der Waals surface area contributed by atoms with Crippen molar-refractivity contribution in [3.8, 4) is 0 Å². The Morgan fingerprint density at radius 3 is 2.12 bits per heavy atom. The first-order chi connectivity index (χ1) is 3.50. The van der Waals surface area contributed by atoms with E-state index in [9.17, 15) is 9.90 Å². The van der Waals surface area contributed by atoms with Crippen LogP contribution in [0.1, 0.15) is 20.3 Å². The summed E-state index contributed by atoms with van der Waals surface area (Å²) in [6, 6.07) is 0. The molecular weight excluding hydrogens is 106 g/mol. The van der Waals surface area contributed by atoms with Gasteiger partial charge in [-0.1, -0.05) is 6.92 Å². The van der Waals surface area contributed by atoms with Crippen LogP contribution in [0.3, 0.4) is 0 Å². The van der Waals surface area contributed by atoms with Gasteiger partial charge in [-0.25, -0.2) is 5.11 Å². The van der Waals surface area contributed by atoms with Crippen LogP contribution >= 0.6 is 0 Å². The monoisotopic (exact) mass is 116 g/mol. The van der Waals surface area contributed by atoms with E-state index in [4.69, 9.17) is 5.73 Å². The second kappa shape index (κ2) is 2.13. The predicted octanol–water partition coefficient (Wildman–Crippen LogP) is 0.0709. The number of hydrogen-bond acceptors (Lipinski definition) is 1. The molecule has 0 saturated heterocycles. The molecule has 0 aromatic rings. The summed E-state index contributed by atoms with van der Waals surface area (Å²) in [6.07, 6.45) is 0.252. The highest BCUT2D eigenvalue weighted by Crippen LogP contribution is 2.06. The Bertz CT molecular complexity index is 98.6. The van der Waals surface area contributed by atoms with E-state index < -0.39 is 11.5 Å². The van der Waals surface area contributed by atoms with E-state index in [1.54, 1.807) is 6.92 Å². The molecular formula is C5H10NO2. The molecule has 0 aliphatic carbocycles. The van der Waals surface area contributed by atoms with E-state index >= 15 is 0 Å². The summed E-state index contributed by atoms with van der Waals surface area (Å²) in [5.74, 6) is -0.778. The van der Waals surface area contributed by atoms with Gasteiger partial charge < -0.3 is 5.73 Å². The zero-order chi connectivity index (χ0) is 6.78. The first-order valence-electron chi connectivity index (χ1n) is 2.51. The molecule has 0 saturated carbocycles. The summed E-state index contributed by atoms with van der Waals surface area (Å²) >= 11 is 0. The van der Waals surface area contributed by atoms with E-state index in [1.807, 2.05) is 0 Å². The average molecular weight is 116 g/mol. The van der Waals surface area contributed by atoms with Gasteiger partial charge in [0.15, 0.2) is 5.60 Å². The number of amides is 1. The lowest BCUT2D eigenvalue weighted by Gasteiger charge is -2.11. The second-order valence-corrected chi connectivity index (χ2v) is 1.95. The van der Waals surface area contributed by atoms with Gasteiger partial charge in [-0.3, -0.25) is 4.79 Å². The van der Waals surface area contributed by atoms with Crippen LogP contribution in [-0.2, 0) is 9.90 Å². The molecule has 0 fully saturated rings. The number of nitrogens with two attached hydrogens (primary N) is 1. The van der Waals surface area contributed by atoms with Crippen LogP contribution < -0.4 is 5.73 Å². The molecule has 0 heterocycles. The Morgan fingerprint density at radius 1 is 1.75 bits per heavy atom. The molecule has 1 atom stereocenters. The number of primary amides is 1. The third-order valence-corrected chi connectivity index (χ3v) is 1.20. The normalized spacial score (nSPS) is 17.4. The highest BCUT2D eigenvalue weighted by molar-refractivity contribution is 5.82.